The van der Waals surface area contributed by atoms with Crippen LogP contribution in [0.5, 0.6) is 5.75 Å². The van der Waals surface area contributed by atoms with Gasteiger partial charge in [0.1, 0.15) is 5.75 Å². The van der Waals surface area contributed by atoms with E-state index in [1.54, 1.807) is 18.2 Å². The third-order valence-electron chi connectivity index (χ3n) is 6.62. The van der Waals surface area contributed by atoms with E-state index in [2.05, 4.69) is 5.32 Å². The van der Waals surface area contributed by atoms with Gasteiger partial charge in [0.25, 0.3) is 0 Å². The Morgan fingerprint density at radius 2 is 1.89 bits per heavy atom. The average Bonchev–Trinajstić information content (AvgIpc) is 2.58. The first-order valence-electron chi connectivity index (χ1n) is 9.92. The Labute approximate surface area is 174 Å². The van der Waals surface area contributed by atoms with E-state index >= 15 is 0 Å². The van der Waals surface area contributed by atoms with Crippen LogP contribution in [0.2, 0.25) is 10.0 Å². The molecule has 4 fully saturated rings. The Hall–Kier alpha value is -1.46. The van der Waals surface area contributed by atoms with Crippen LogP contribution in [0.1, 0.15) is 51.4 Å². The molecular weight excluding hydrogens is 401 g/mol. The van der Waals surface area contributed by atoms with Crippen molar-refractivity contribution in [3.05, 3.63) is 28.2 Å². The lowest BCUT2D eigenvalue weighted by Crippen LogP contribution is -2.64. The molecule has 0 aliphatic heterocycles. The fraction of sp³-hybridized carbons (Fsp3) is 0.619. The molecule has 2 N–H and O–H groups in total. The number of carbonyl (C=O) groups excluding carboxylic acids is 1. The van der Waals surface area contributed by atoms with E-state index in [0.29, 0.717) is 53.5 Å². The molecular formula is C21H25Cl2NO4. The highest BCUT2D eigenvalue weighted by Gasteiger charge is 2.61. The number of ether oxygens (including phenoxy) is 1. The van der Waals surface area contributed by atoms with Crippen molar-refractivity contribution in [2.45, 2.75) is 56.9 Å². The lowest BCUT2D eigenvalue weighted by Gasteiger charge is -2.60. The van der Waals surface area contributed by atoms with E-state index in [1.807, 2.05) is 0 Å². The molecule has 1 amide bonds. The van der Waals surface area contributed by atoms with E-state index in [-0.39, 0.29) is 11.4 Å². The number of amides is 1. The second-order valence-electron chi connectivity index (χ2n) is 8.90. The van der Waals surface area contributed by atoms with Crippen LogP contribution in [0, 0.1) is 17.3 Å². The van der Waals surface area contributed by atoms with Gasteiger partial charge < -0.3 is 15.2 Å². The molecule has 4 bridgehead atoms. The normalized spacial score (nSPS) is 32.9. The predicted octanol–water partition coefficient (Wildman–Crippen LogP) is 4.69. The molecule has 4 aliphatic rings. The standard InChI is InChI=1S/C21H25Cl2NO4/c22-15-3-4-17(16(23)7-15)28-5-1-2-18(25)24-21-10-13-6-14(11-21)9-20(8-13,12-21)19(26)27/h3-4,7,13-14H,1-2,5-6,8-12H2,(H,24,25)(H,26,27). The molecule has 152 valence electrons. The summed E-state index contributed by atoms with van der Waals surface area (Å²) in [7, 11) is 0. The monoisotopic (exact) mass is 425 g/mol. The van der Waals surface area contributed by atoms with Gasteiger partial charge in [0.2, 0.25) is 5.91 Å². The summed E-state index contributed by atoms with van der Waals surface area (Å²) in [6.07, 6.45) is 5.98. The molecule has 5 nitrogen and oxygen atoms in total. The second-order valence-corrected chi connectivity index (χ2v) is 9.75. The molecule has 2 atom stereocenters. The van der Waals surface area contributed by atoms with Crippen LogP contribution in [0.3, 0.4) is 0 Å². The van der Waals surface area contributed by atoms with E-state index in [1.165, 1.54) is 0 Å². The van der Waals surface area contributed by atoms with Gasteiger partial charge in [-0.25, -0.2) is 0 Å². The molecule has 0 radical (unpaired) electrons. The van der Waals surface area contributed by atoms with Crippen LogP contribution in [-0.2, 0) is 9.59 Å². The number of carboxylic acids is 1. The van der Waals surface area contributed by atoms with Crippen LogP contribution >= 0.6 is 23.2 Å². The Morgan fingerprint density at radius 1 is 1.18 bits per heavy atom. The maximum Gasteiger partial charge on any atom is 0.309 e. The number of carboxylic acid groups (broad SMARTS) is 1. The van der Waals surface area contributed by atoms with E-state index in [0.717, 1.165) is 32.1 Å². The minimum absolute atomic E-state index is 0.0201. The first kappa shape index (κ1) is 19.8. The third kappa shape index (κ3) is 3.84. The number of benzene rings is 1. The summed E-state index contributed by atoms with van der Waals surface area (Å²) in [5.74, 6) is 0.693. The van der Waals surface area contributed by atoms with Crippen molar-refractivity contribution in [1.29, 1.82) is 0 Å². The van der Waals surface area contributed by atoms with Gasteiger partial charge in [-0.05, 0) is 75.0 Å². The van der Waals surface area contributed by atoms with Crippen molar-refractivity contribution in [2.75, 3.05) is 6.61 Å². The first-order chi connectivity index (χ1) is 13.3. The smallest absolute Gasteiger partial charge is 0.309 e. The highest BCUT2D eigenvalue weighted by atomic mass is 35.5. The van der Waals surface area contributed by atoms with Gasteiger partial charge in [-0.1, -0.05) is 23.2 Å². The quantitative estimate of drug-likeness (QED) is 0.621. The van der Waals surface area contributed by atoms with E-state index in [4.69, 9.17) is 27.9 Å². The molecule has 0 saturated heterocycles. The molecule has 5 rings (SSSR count). The number of hydrogen-bond donors (Lipinski definition) is 2. The zero-order valence-corrected chi connectivity index (χ0v) is 17.2. The summed E-state index contributed by atoms with van der Waals surface area (Å²) in [4.78, 5) is 24.5. The SMILES string of the molecule is O=C(CCCOc1ccc(Cl)cc1Cl)NC12CC3CC(C1)CC(C(=O)O)(C3)C2. The summed E-state index contributed by atoms with van der Waals surface area (Å²) < 4.78 is 5.64. The van der Waals surface area contributed by atoms with Crippen LogP contribution in [0.25, 0.3) is 0 Å². The number of nitrogens with one attached hydrogen (secondary N) is 1. The minimum Gasteiger partial charge on any atom is -0.492 e. The minimum atomic E-state index is -0.687. The molecule has 4 aliphatic carbocycles. The number of hydrogen-bond acceptors (Lipinski definition) is 3. The van der Waals surface area contributed by atoms with Crippen molar-refractivity contribution in [3.8, 4) is 5.75 Å². The summed E-state index contributed by atoms with van der Waals surface area (Å²) in [5.41, 5.74) is -0.967. The fourth-order valence-corrected chi connectivity index (χ4v) is 6.49. The predicted molar refractivity (Wildman–Crippen MR) is 107 cm³/mol. The molecule has 7 heteroatoms. The maximum atomic E-state index is 12.6. The van der Waals surface area contributed by atoms with Gasteiger partial charge in [-0.15, -0.1) is 0 Å². The summed E-state index contributed by atoms with van der Waals surface area (Å²) in [6, 6.07) is 5.04. The van der Waals surface area contributed by atoms with E-state index in [9.17, 15) is 14.7 Å². The second kappa shape index (κ2) is 7.42. The zero-order valence-electron chi connectivity index (χ0n) is 15.7. The summed E-state index contributed by atoms with van der Waals surface area (Å²) in [5, 5.41) is 14.0. The Kier molecular flexibility index (Phi) is 5.25. The van der Waals surface area contributed by atoms with Crippen LogP contribution in [-0.4, -0.2) is 29.1 Å². The Morgan fingerprint density at radius 3 is 2.54 bits per heavy atom. The lowest BCUT2D eigenvalue weighted by molar-refractivity contribution is -0.169. The number of aliphatic carboxylic acids is 1. The van der Waals surface area contributed by atoms with Crippen LogP contribution in [0.15, 0.2) is 18.2 Å². The Bertz CT molecular complexity index is 783. The van der Waals surface area contributed by atoms with Crippen molar-refractivity contribution in [3.63, 3.8) is 0 Å². The number of rotatable bonds is 7. The topological polar surface area (TPSA) is 75.6 Å². The molecule has 0 heterocycles. The molecule has 0 aromatic heterocycles. The maximum absolute atomic E-state index is 12.6. The van der Waals surface area contributed by atoms with Gasteiger partial charge in [-0.3, -0.25) is 9.59 Å². The average molecular weight is 426 g/mol. The van der Waals surface area contributed by atoms with Crippen molar-refractivity contribution >= 4 is 35.1 Å². The molecule has 1 aromatic rings. The van der Waals surface area contributed by atoms with Gasteiger partial charge in [-0.2, -0.15) is 0 Å². The highest BCUT2D eigenvalue weighted by Crippen LogP contribution is 2.61. The van der Waals surface area contributed by atoms with Crippen LogP contribution in [0.4, 0.5) is 0 Å². The lowest BCUT2D eigenvalue weighted by atomic mass is 9.47. The third-order valence-corrected chi connectivity index (χ3v) is 7.15. The molecule has 1 aromatic carbocycles. The van der Waals surface area contributed by atoms with Crippen molar-refractivity contribution in [1.82, 2.24) is 5.32 Å². The van der Waals surface area contributed by atoms with Gasteiger partial charge >= 0.3 is 5.97 Å². The first-order valence-corrected chi connectivity index (χ1v) is 10.7. The number of carbonyl (C=O) groups is 2. The number of halogens is 2. The van der Waals surface area contributed by atoms with Gasteiger partial charge in [0.05, 0.1) is 17.0 Å². The zero-order chi connectivity index (χ0) is 19.9. The van der Waals surface area contributed by atoms with Crippen LogP contribution < -0.4 is 10.1 Å². The molecule has 2 unspecified atom stereocenters. The van der Waals surface area contributed by atoms with Gasteiger partial charge in [0.15, 0.2) is 0 Å². The van der Waals surface area contributed by atoms with Crippen molar-refractivity contribution in [2.24, 2.45) is 17.3 Å². The highest BCUT2D eigenvalue weighted by molar-refractivity contribution is 6.35. The van der Waals surface area contributed by atoms with E-state index < -0.39 is 11.4 Å². The summed E-state index contributed by atoms with van der Waals surface area (Å²) in [6.45, 7) is 0.381. The summed E-state index contributed by atoms with van der Waals surface area (Å²) >= 11 is 11.9. The fourth-order valence-electron chi connectivity index (χ4n) is 6.02. The molecule has 0 spiro atoms. The van der Waals surface area contributed by atoms with Crippen molar-refractivity contribution < 1.29 is 19.4 Å². The molecule has 28 heavy (non-hydrogen) atoms. The molecule has 4 saturated carbocycles. The van der Waals surface area contributed by atoms with Gasteiger partial charge in [0, 0.05) is 17.0 Å². The Balaban J connectivity index is 1.30. The largest absolute Gasteiger partial charge is 0.492 e.